The van der Waals surface area contributed by atoms with Crippen LogP contribution in [0.4, 0.5) is 10.6 Å². The van der Waals surface area contributed by atoms with E-state index in [1.54, 1.807) is 11.4 Å². The Morgan fingerprint density at radius 1 is 1.60 bits per heavy atom. The first-order chi connectivity index (χ1) is 7.04. The number of hydrogen-bond acceptors (Lipinski definition) is 5. The molecule has 0 saturated carbocycles. The summed E-state index contributed by atoms with van der Waals surface area (Å²) in [4.78, 5) is 24.9. The average Bonchev–Trinajstić information content (AvgIpc) is 2.17. The molecule has 1 heterocycles. The highest BCUT2D eigenvalue weighted by Gasteiger charge is 2.11. The van der Waals surface area contributed by atoms with E-state index in [2.05, 4.69) is 4.98 Å². The number of hydrogen-bond donors (Lipinski definition) is 3. The Kier molecular flexibility index (Phi) is 2.83. The number of nitrogens with two attached hydrogens (primary N) is 1. The van der Waals surface area contributed by atoms with Crippen LogP contribution in [0.2, 0.25) is 0 Å². The molecule has 7 nitrogen and oxygen atoms in total. The van der Waals surface area contributed by atoms with Gasteiger partial charge in [-0.2, -0.15) is 5.26 Å². The van der Waals surface area contributed by atoms with Gasteiger partial charge in [-0.15, -0.1) is 0 Å². The van der Waals surface area contributed by atoms with Crippen LogP contribution in [0.3, 0.4) is 0 Å². The molecule has 0 saturated heterocycles. The van der Waals surface area contributed by atoms with Gasteiger partial charge in [-0.3, -0.25) is 10.1 Å². The van der Waals surface area contributed by atoms with Crippen LogP contribution in [-0.2, 0) is 0 Å². The number of nitrogens with one attached hydrogen (secondary N) is 1. The van der Waals surface area contributed by atoms with Gasteiger partial charge in [0, 0.05) is 6.20 Å². The van der Waals surface area contributed by atoms with Gasteiger partial charge in [0.1, 0.15) is 11.9 Å². The lowest BCUT2D eigenvalue weighted by atomic mass is 10.2. The predicted octanol–water partition coefficient (Wildman–Crippen LogP) is -0.0567. The van der Waals surface area contributed by atoms with E-state index in [0.29, 0.717) is 0 Å². The highest BCUT2D eigenvalue weighted by atomic mass is 16.4. The maximum absolute atomic E-state index is 11.2. The first kappa shape index (κ1) is 10.5. The zero-order valence-corrected chi connectivity index (χ0v) is 7.39. The van der Waals surface area contributed by atoms with Crippen molar-refractivity contribution in [2.24, 2.45) is 0 Å². The minimum atomic E-state index is -1.48. The van der Waals surface area contributed by atoms with Crippen LogP contribution in [0.1, 0.15) is 15.9 Å². The number of carbonyl (C=O) groups excluding carboxylic acids is 1. The molecule has 1 rings (SSSR count). The second-order valence-corrected chi connectivity index (χ2v) is 2.53. The number of amides is 2. The van der Waals surface area contributed by atoms with E-state index in [1.807, 2.05) is 0 Å². The summed E-state index contributed by atoms with van der Waals surface area (Å²) in [5.74, 6) is -0.865. The molecule has 1 aromatic rings. The molecule has 76 valence electrons. The topological polar surface area (TPSA) is 129 Å². The summed E-state index contributed by atoms with van der Waals surface area (Å²) < 4.78 is 0. The molecule has 4 N–H and O–H groups in total. The lowest BCUT2D eigenvalue weighted by Crippen LogP contribution is -2.28. The third-order valence-electron chi connectivity index (χ3n) is 1.52. The van der Waals surface area contributed by atoms with Crippen LogP contribution in [0.5, 0.6) is 0 Å². The molecule has 0 aromatic carbocycles. The summed E-state index contributed by atoms with van der Waals surface area (Å²) in [7, 11) is 0. The van der Waals surface area contributed by atoms with E-state index in [9.17, 15) is 9.59 Å². The van der Waals surface area contributed by atoms with Crippen molar-refractivity contribution in [3.63, 3.8) is 0 Å². The van der Waals surface area contributed by atoms with Crippen LogP contribution in [0.25, 0.3) is 0 Å². The highest BCUT2D eigenvalue weighted by Crippen LogP contribution is 2.08. The standard InChI is InChI=1S/C8H6N4O3/c9-2-4-1-5(3-11-6(4)10)7(13)12-8(14)15/h1,3H,(H2,10,11)(H,12,13)(H,14,15). The maximum Gasteiger partial charge on any atom is 0.411 e. The van der Waals surface area contributed by atoms with E-state index < -0.39 is 12.0 Å². The van der Waals surface area contributed by atoms with E-state index >= 15 is 0 Å². The molecule has 7 heteroatoms. The Labute approximate surface area is 84.1 Å². The van der Waals surface area contributed by atoms with Gasteiger partial charge >= 0.3 is 6.09 Å². The maximum atomic E-state index is 11.2. The molecular weight excluding hydrogens is 200 g/mol. The molecular formula is C8H6N4O3. The number of pyridine rings is 1. The van der Waals surface area contributed by atoms with Crippen LogP contribution >= 0.6 is 0 Å². The second kappa shape index (κ2) is 4.06. The number of nitrogens with zero attached hydrogens (tertiary/aromatic N) is 2. The van der Waals surface area contributed by atoms with Crippen molar-refractivity contribution in [1.82, 2.24) is 10.3 Å². The fourth-order valence-corrected chi connectivity index (χ4v) is 0.858. The number of nitriles is 1. The number of rotatable bonds is 1. The van der Waals surface area contributed by atoms with Crippen LogP contribution in [-0.4, -0.2) is 22.1 Å². The van der Waals surface area contributed by atoms with Gasteiger partial charge in [0.15, 0.2) is 0 Å². The SMILES string of the molecule is N#Cc1cc(C(=O)NC(=O)O)cnc1N. The molecule has 0 bridgehead atoms. The summed E-state index contributed by atoms with van der Waals surface area (Å²) in [5, 5.41) is 18.5. The van der Waals surface area contributed by atoms with Gasteiger partial charge in [-0.25, -0.2) is 9.78 Å². The lowest BCUT2D eigenvalue weighted by molar-refractivity contribution is 0.0947. The van der Waals surface area contributed by atoms with Gasteiger partial charge in [0.2, 0.25) is 0 Å². The van der Waals surface area contributed by atoms with Gasteiger partial charge in [0.05, 0.1) is 11.1 Å². The fraction of sp³-hybridized carbons (Fsp3) is 0. The summed E-state index contributed by atoms with van der Waals surface area (Å²) in [6.07, 6.45) is -0.385. The molecule has 0 spiro atoms. The van der Waals surface area contributed by atoms with Crippen LogP contribution < -0.4 is 11.1 Å². The summed E-state index contributed by atoms with van der Waals surface area (Å²) >= 11 is 0. The van der Waals surface area contributed by atoms with Crippen molar-refractivity contribution in [3.8, 4) is 6.07 Å². The molecule has 0 fully saturated rings. The van der Waals surface area contributed by atoms with Crippen molar-refractivity contribution in [1.29, 1.82) is 5.26 Å². The number of carbonyl (C=O) groups is 2. The zero-order valence-electron chi connectivity index (χ0n) is 7.39. The van der Waals surface area contributed by atoms with E-state index in [1.165, 1.54) is 6.07 Å². The Hall–Kier alpha value is -2.62. The van der Waals surface area contributed by atoms with E-state index in [4.69, 9.17) is 16.1 Å². The first-order valence-corrected chi connectivity index (χ1v) is 3.74. The van der Waals surface area contributed by atoms with Gasteiger partial charge in [-0.1, -0.05) is 0 Å². The number of carboxylic acid groups (broad SMARTS) is 1. The quantitative estimate of drug-likeness (QED) is 0.590. The van der Waals surface area contributed by atoms with Crippen molar-refractivity contribution in [3.05, 3.63) is 23.4 Å². The Balaban J connectivity index is 3.02. The van der Waals surface area contributed by atoms with Crippen molar-refractivity contribution in [2.75, 3.05) is 5.73 Å². The third-order valence-corrected chi connectivity index (χ3v) is 1.52. The minimum Gasteiger partial charge on any atom is -0.465 e. The minimum absolute atomic E-state index is 0.00984. The smallest absolute Gasteiger partial charge is 0.411 e. The number of anilines is 1. The van der Waals surface area contributed by atoms with Gasteiger partial charge in [-0.05, 0) is 6.07 Å². The number of imide groups is 1. The molecule has 0 atom stereocenters. The molecule has 15 heavy (non-hydrogen) atoms. The van der Waals surface area contributed by atoms with Gasteiger partial charge in [0.25, 0.3) is 5.91 Å². The largest absolute Gasteiger partial charge is 0.465 e. The fourth-order valence-electron chi connectivity index (χ4n) is 0.858. The molecule has 0 unspecified atom stereocenters. The first-order valence-electron chi connectivity index (χ1n) is 3.74. The molecule has 0 radical (unpaired) electrons. The lowest BCUT2D eigenvalue weighted by Gasteiger charge is -2.01. The molecule has 2 amide bonds. The Morgan fingerprint density at radius 2 is 2.27 bits per heavy atom. The molecule has 0 aliphatic heterocycles. The summed E-state index contributed by atoms with van der Waals surface area (Å²) in [6, 6.07) is 2.90. The predicted molar refractivity (Wildman–Crippen MR) is 48.9 cm³/mol. The molecule has 1 aromatic heterocycles. The second-order valence-electron chi connectivity index (χ2n) is 2.53. The Morgan fingerprint density at radius 3 is 2.80 bits per heavy atom. The van der Waals surface area contributed by atoms with Crippen LogP contribution in [0, 0.1) is 11.3 Å². The van der Waals surface area contributed by atoms with Gasteiger partial charge < -0.3 is 10.8 Å². The summed E-state index contributed by atoms with van der Waals surface area (Å²) in [6.45, 7) is 0. The third kappa shape index (κ3) is 2.41. The highest BCUT2D eigenvalue weighted by molar-refractivity contribution is 6.02. The van der Waals surface area contributed by atoms with Crippen LogP contribution in [0.15, 0.2) is 12.3 Å². The molecule has 0 aliphatic rings. The van der Waals surface area contributed by atoms with Crippen molar-refractivity contribution >= 4 is 17.8 Å². The van der Waals surface area contributed by atoms with Crippen molar-refractivity contribution in [2.45, 2.75) is 0 Å². The number of aromatic nitrogens is 1. The summed E-state index contributed by atoms with van der Waals surface area (Å²) in [5.41, 5.74) is 5.30. The van der Waals surface area contributed by atoms with Crippen molar-refractivity contribution < 1.29 is 14.7 Å². The van der Waals surface area contributed by atoms with E-state index in [-0.39, 0.29) is 16.9 Å². The van der Waals surface area contributed by atoms with E-state index in [0.717, 1.165) is 6.20 Å². The Bertz CT molecular complexity index is 463. The zero-order chi connectivity index (χ0) is 11.4. The average molecular weight is 206 g/mol. The molecule has 0 aliphatic carbocycles. The number of nitrogen functional groups attached to an aromatic ring is 1. The normalized spacial score (nSPS) is 9.00. The monoisotopic (exact) mass is 206 g/mol.